The third-order valence-corrected chi connectivity index (χ3v) is 2.37. The maximum Gasteiger partial charge on any atom is 0.137 e. The normalized spacial score (nSPS) is 37.0. The third kappa shape index (κ3) is 0.623. The van der Waals surface area contributed by atoms with Gasteiger partial charge in [0, 0.05) is 31.6 Å². The highest BCUT2D eigenvalue weighted by Crippen LogP contribution is 2.26. The number of nitrogens with zero attached hydrogens (tertiary/aromatic N) is 1. The highest BCUT2D eigenvalue weighted by molar-refractivity contribution is 5.64. The molecule has 1 N–H and O–H groups in total. The number of amides is 1. The Hall–Kier alpha value is -0.770. The van der Waals surface area contributed by atoms with Crippen LogP contribution in [0.3, 0.4) is 0 Å². The molecule has 2 aliphatic heterocycles. The van der Waals surface area contributed by atoms with Crippen LogP contribution in [0.4, 0.5) is 4.79 Å². The van der Waals surface area contributed by atoms with Gasteiger partial charge in [-0.1, -0.05) is 0 Å². The molecule has 1 amide bonds. The first-order chi connectivity index (χ1) is 4.79. The molecular weight excluding hydrogens is 132 g/mol. The van der Waals surface area contributed by atoms with Crippen LogP contribution in [0.2, 0.25) is 0 Å². The fraction of sp³-hybridized carbons (Fsp3) is 0.833. The van der Waals surface area contributed by atoms with Gasteiger partial charge in [0.1, 0.15) is 6.09 Å². The van der Waals surface area contributed by atoms with Crippen LogP contribution < -0.4 is 10.4 Å². The minimum Gasteiger partial charge on any atom is -0.530 e. The Balaban J connectivity index is 2.00. The quantitative estimate of drug-likeness (QED) is 0.434. The molecule has 10 heavy (non-hydrogen) atoms. The molecule has 2 fully saturated rings. The second kappa shape index (κ2) is 1.85. The molecule has 56 valence electrons. The van der Waals surface area contributed by atoms with Gasteiger partial charge in [0.2, 0.25) is 0 Å². The van der Waals surface area contributed by atoms with Crippen LogP contribution >= 0.6 is 0 Å². The lowest BCUT2D eigenvalue weighted by molar-refractivity contribution is -0.275. The Morgan fingerprint density at radius 3 is 3.00 bits per heavy atom. The smallest absolute Gasteiger partial charge is 0.137 e. The van der Waals surface area contributed by atoms with E-state index in [4.69, 9.17) is 0 Å². The SMILES string of the molecule is O=C([O-])N1CC2CNCC21. The van der Waals surface area contributed by atoms with E-state index < -0.39 is 6.09 Å². The van der Waals surface area contributed by atoms with Crippen LogP contribution in [0.1, 0.15) is 0 Å². The summed E-state index contributed by atoms with van der Waals surface area (Å²) >= 11 is 0. The molecular formula is C6H9N2O2-. The highest BCUT2D eigenvalue weighted by atomic mass is 16.4. The molecule has 4 heteroatoms. The summed E-state index contributed by atoms with van der Waals surface area (Å²) in [5.41, 5.74) is 0. The largest absolute Gasteiger partial charge is 0.530 e. The molecule has 2 rings (SSSR count). The predicted octanol–water partition coefficient (Wildman–Crippen LogP) is -1.77. The van der Waals surface area contributed by atoms with E-state index in [1.54, 1.807) is 0 Å². The highest BCUT2D eigenvalue weighted by Gasteiger charge is 2.41. The lowest BCUT2D eigenvalue weighted by atomic mass is 9.93. The molecule has 0 aromatic carbocycles. The van der Waals surface area contributed by atoms with Crippen LogP contribution in [0.25, 0.3) is 0 Å². The number of nitrogens with one attached hydrogen (secondary N) is 1. The van der Waals surface area contributed by atoms with Crippen molar-refractivity contribution in [2.45, 2.75) is 6.04 Å². The van der Waals surface area contributed by atoms with Gasteiger partial charge in [-0.25, -0.2) is 0 Å². The minimum atomic E-state index is -1.02. The maximum atomic E-state index is 10.3. The molecule has 2 aliphatic rings. The van der Waals surface area contributed by atoms with Crippen molar-refractivity contribution in [1.29, 1.82) is 0 Å². The Bertz CT molecular complexity index is 171. The molecule has 2 unspecified atom stereocenters. The summed E-state index contributed by atoms with van der Waals surface area (Å²) in [6, 6.07) is 0.213. The first-order valence-corrected chi connectivity index (χ1v) is 3.47. The first-order valence-electron chi connectivity index (χ1n) is 3.47. The average Bonchev–Trinajstić information content (AvgIpc) is 2.11. The molecule has 0 aromatic heterocycles. The van der Waals surface area contributed by atoms with Gasteiger partial charge in [-0.2, -0.15) is 0 Å². The van der Waals surface area contributed by atoms with Crippen molar-refractivity contribution in [1.82, 2.24) is 10.2 Å². The van der Waals surface area contributed by atoms with E-state index >= 15 is 0 Å². The zero-order valence-electron chi connectivity index (χ0n) is 5.54. The third-order valence-electron chi connectivity index (χ3n) is 2.37. The zero-order chi connectivity index (χ0) is 7.14. The zero-order valence-corrected chi connectivity index (χ0v) is 5.54. The molecule has 0 saturated carbocycles. The molecule has 2 heterocycles. The summed E-state index contributed by atoms with van der Waals surface area (Å²) in [6.45, 7) is 2.44. The van der Waals surface area contributed by atoms with E-state index in [0.29, 0.717) is 12.5 Å². The van der Waals surface area contributed by atoms with Crippen LogP contribution in [-0.4, -0.2) is 36.7 Å². The van der Waals surface area contributed by atoms with Crippen molar-refractivity contribution in [3.05, 3.63) is 0 Å². The van der Waals surface area contributed by atoms with E-state index in [-0.39, 0.29) is 6.04 Å². The van der Waals surface area contributed by atoms with Crippen molar-refractivity contribution < 1.29 is 9.90 Å². The van der Waals surface area contributed by atoms with E-state index in [1.165, 1.54) is 4.90 Å². The van der Waals surface area contributed by atoms with Crippen LogP contribution in [0.15, 0.2) is 0 Å². The number of fused-ring (bicyclic) bond motifs is 1. The summed E-state index contributed by atoms with van der Waals surface area (Å²) in [5.74, 6) is 0.554. The second-order valence-corrected chi connectivity index (χ2v) is 2.90. The lowest BCUT2D eigenvalue weighted by Crippen LogP contribution is -2.61. The molecule has 0 aromatic rings. The van der Waals surface area contributed by atoms with Gasteiger partial charge in [0.25, 0.3) is 0 Å². The van der Waals surface area contributed by atoms with Crippen molar-refractivity contribution in [2.24, 2.45) is 5.92 Å². The van der Waals surface area contributed by atoms with Gasteiger partial charge in [0.05, 0.1) is 0 Å². The van der Waals surface area contributed by atoms with E-state index in [2.05, 4.69) is 5.32 Å². The van der Waals surface area contributed by atoms with Crippen LogP contribution in [0.5, 0.6) is 0 Å². The summed E-state index contributed by atoms with van der Waals surface area (Å²) in [7, 11) is 0. The van der Waals surface area contributed by atoms with Crippen molar-refractivity contribution in [3.8, 4) is 0 Å². The Morgan fingerprint density at radius 1 is 1.60 bits per heavy atom. The van der Waals surface area contributed by atoms with Gasteiger partial charge < -0.3 is 20.1 Å². The van der Waals surface area contributed by atoms with Gasteiger partial charge in [-0.15, -0.1) is 0 Å². The fourth-order valence-corrected chi connectivity index (χ4v) is 1.73. The monoisotopic (exact) mass is 141 g/mol. The molecule has 0 aliphatic carbocycles. The maximum absolute atomic E-state index is 10.3. The van der Waals surface area contributed by atoms with Gasteiger partial charge in [-0.3, -0.25) is 0 Å². The minimum absolute atomic E-state index is 0.213. The fourth-order valence-electron chi connectivity index (χ4n) is 1.73. The Morgan fingerprint density at radius 2 is 2.40 bits per heavy atom. The number of rotatable bonds is 0. The number of carbonyl (C=O) groups excluding carboxylic acids is 1. The number of carbonyl (C=O) groups is 1. The number of hydrogen-bond donors (Lipinski definition) is 1. The average molecular weight is 141 g/mol. The standard InChI is InChI=1S/C6H10N2O2/c9-6(10)8-3-4-1-7-2-5(4)8/h4-5,7H,1-3H2,(H,9,10)/p-1. The Kier molecular flexibility index (Phi) is 1.11. The van der Waals surface area contributed by atoms with E-state index in [1.807, 2.05) is 0 Å². The Labute approximate surface area is 58.8 Å². The van der Waals surface area contributed by atoms with Crippen LogP contribution in [-0.2, 0) is 0 Å². The van der Waals surface area contributed by atoms with Gasteiger partial charge in [0.15, 0.2) is 0 Å². The summed E-state index contributed by atoms with van der Waals surface area (Å²) in [5, 5.41) is 13.4. The summed E-state index contributed by atoms with van der Waals surface area (Å²) < 4.78 is 0. The predicted molar refractivity (Wildman–Crippen MR) is 32.2 cm³/mol. The number of hydrogen-bond acceptors (Lipinski definition) is 3. The summed E-state index contributed by atoms with van der Waals surface area (Å²) in [6.07, 6.45) is -1.02. The van der Waals surface area contributed by atoms with Crippen LogP contribution in [0, 0.1) is 5.92 Å². The molecule has 2 saturated heterocycles. The van der Waals surface area contributed by atoms with Crippen molar-refractivity contribution >= 4 is 6.09 Å². The molecule has 4 nitrogen and oxygen atoms in total. The summed E-state index contributed by atoms with van der Waals surface area (Å²) in [4.78, 5) is 11.7. The topological polar surface area (TPSA) is 55.4 Å². The second-order valence-electron chi connectivity index (χ2n) is 2.90. The lowest BCUT2D eigenvalue weighted by Gasteiger charge is -2.45. The van der Waals surface area contributed by atoms with Crippen molar-refractivity contribution in [3.63, 3.8) is 0 Å². The molecule has 0 radical (unpaired) electrons. The van der Waals surface area contributed by atoms with Gasteiger partial charge >= 0.3 is 0 Å². The number of carboxylic acid groups (broad SMARTS) is 1. The molecule has 0 spiro atoms. The molecule has 2 atom stereocenters. The van der Waals surface area contributed by atoms with Gasteiger partial charge in [-0.05, 0) is 0 Å². The first kappa shape index (κ1) is 5.97. The number of likely N-dealkylation sites (tertiary alicyclic amines) is 1. The van der Waals surface area contributed by atoms with E-state index in [9.17, 15) is 9.90 Å². The van der Waals surface area contributed by atoms with Crippen molar-refractivity contribution in [2.75, 3.05) is 19.6 Å². The molecule has 0 bridgehead atoms. The van der Waals surface area contributed by atoms with E-state index in [0.717, 1.165) is 13.1 Å².